The largest absolute Gasteiger partial charge is 0.508 e. The topological polar surface area (TPSA) is 105 Å². The van der Waals surface area contributed by atoms with Crippen molar-refractivity contribution < 1.29 is 29.0 Å². The Morgan fingerprint density at radius 2 is 1.80 bits per heavy atom. The van der Waals surface area contributed by atoms with Gasteiger partial charge in [0.05, 0.1) is 23.9 Å². The van der Waals surface area contributed by atoms with Crippen LogP contribution in [0.5, 0.6) is 17.2 Å². The third-order valence-electron chi connectivity index (χ3n) is 4.13. The van der Waals surface area contributed by atoms with Crippen LogP contribution in [0.15, 0.2) is 42.0 Å². The molecule has 1 aliphatic rings. The number of carbonyl (C=O) groups excluding carboxylic acids is 3. The van der Waals surface area contributed by atoms with E-state index in [-0.39, 0.29) is 28.1 Å². The zero-order valence-electron chi connectivity index (χ0n) is 16.4. The number of nitrogens with zero attached hydrogens (tertiary/aromatic N) is 1. The summed E-state index contributed by atoms with van der Waals surface area (Å²) in [5.41, 5.74) is 0.342. The predicted molar refractivity (Wildman–Crippen MR) is 111 cm³/mol. The van der Waals surface area contributed by atoms with E-state index >= 15 is 0 Å². The summed E-state index contributed by atoms with van der Waals surface area (Å²) in [5.74, 6) is -1.000. The number of amides is 4. The van der Waals surface area contributed by atoms with Gasteiger partial charge in [-0.3, -0.25) is 14.9 Å². The second-order valence-electron chi connectivity index (χ2n) is 6.67. The van der Waals surface area contributed by atoms with E-state index in [0.717, 1.165) is 4.90 Å². The number of hydrogen-bond acceptors (Lipinski definition) is 6. The molecule has 2 N–H and O–H groups in total. The van der Waals surface area contributed by atoms with E-state index < -0.39 is 17.8 Å². The number of aromatic hydroxyl groups is 1. The molecule has 2 aromatic carbocycles. The number of rotatable bonds is 5. The molecule has 156 valence electrons. The zero-order chi connectivity index (χ0) is 22.0. The van der Waals surface area contributed by atoms with Crippen LogP contribution in [-0.2, 0) is 9.59 Å². The summed E-state index contributed by atoms with van der Waals surface area (Å²) in [6.07, 6.45) is 1.17. The van der Waals surface area contributed by atoms with Crippen LogP contribution in [-0.4, -0.2) is 36.2 Å². The fourth-order valence-electron chi connectivity index (χ4n) is 2.83. The van der Waals surface area contributed by atoms with Crippen LogP contribution in [0.25, 0.3) is 6.08 Å². The van der Waals surface area contributed by atoms with Gasteiger partial charge in [-0.05, 0) is 61.9 Å². The molecule has 9 heteroatoms. The molecule has 0 atom stereocenters. The maximum atomic E-state index is 12.9. The number of phenolic OH excluding ortho intramolecular Hbond substituents is 1. The fourth-order valence-corrected chi connectivity index (χ4v) is 3.10. The molecule has 4 amide bonds. The molecule has 0 bridgehead atoms. The number of halogens is 1. The number of anilines is 1. The smallest absolute Gasteiger partial charge is 0.335 e. The van der Waals surface area contributed by atoms with E-state index in [1.54, 1.807) is 6.07 Å². The van der Waals surface area contributed by atoms with Gasteiger partial charge in [-0.15, -0.1) is 0 Å². The molecule has 0 saturated carbocycles. The number of phenols is 1. The van der Waals surface area contributed by atoms with Gasteiger partial charge in [-0.1, -0.05) is 11.6 Å². The minimum atomic E-state index is -0.885. The normalized spacial score (nSPS) is 15.6. The maximum absolute atomic E-state index is 12.9. The highest BCUT2D eigenvalue weighted by atomic mass is 35.5. The van der Waals surface area contributed by atoms with Crippen molar-refractivity contribution in [3.63, 3.8) is 0 Å². The number of urea groups is 1. The number of barbiturate groups is 1. The van der Waals surface area contributed by atoms with Gasteiger partial charge in [0.15, 0.2) is 11.5 Å². The molecule has 1 aliphatic heterocycles. The summed E-state index contributed by atoms with van der Waals surface area (Å²) in [6.45, 7) is 3.68. The van der Waals surface area contributed by atoms with Gasteiger partial charge < -0.3 is 14.6 Å². The summed E-state index contributed by atoms with van der Waals surface area (Å²) in [7, 11) is 1.44. The van der Waals surface area contributed by atoms with Gasteiger partial charge >= 0.3 is 6.03 Å². The summed E-state index contributed by atoms with van der Waals surface area (Å²) < 4.78 is 11.0. The maximum Gasteiger partial charge on any atom is 0.335 e. The van der Waals surface area contributed by atoms with Crippen LogP contribution in [0.3, 0.4) is 0 Å². The Bertz CT molecular complexity index is 1050. The second kappa shape index (κ2) is 8.46. The molecule has 1 heterocycles. The summed E-state index contributed by atoms with van der Waals surface area (Å²) in [5, 5.41) is 11.8. The number of ether oxygens (including phenoxy) is 2. The number of carbonyl (C=O) groups is 3. The van der Waals surface area contributed by atoms with Gasteiger partial charge in [0, 0.05) is 0 Å². The first-order chi connectivity index (χ1) is 14.2. The molecule has 2 aromatic rings. The average Bonchev–Trinajstić information content (AvgIpc) is 2.68. The number of imide groups is 2. The van der Waals surface area contributed by atoms with Gasteiger partial charge in [-0.25, -0.2) is 9.69 Å². The highest BCUT2D eigenvalue weighted by molar-refractivity contribution is 6.39. The van der Waals surface area contributed by atoms with E-state index in [1.165, 1.54) is 43.5 Å². The van der Waals surface area contributed by atoms with E-state index in [1.807, 2.05) is 13.8 Å². The van der Waals surface area contributed by atoms with Crippen molar-refractivity contribution in [2.45, 2.75) is 20.0 Å². The van der Waals surface area contributed by atoms with Gasteiger partial charge in [0.2, 0.25) is 0 Å². The Balaban J connectivity index is 2.02. The number of hydrogen-bond donors (Lipinski definition) is 2. The first-order valence-electron chi connectivity index (χ1n) is 8.96. The Morgan fingerprint density at radius 3 is 2.40 bits per heavy atom. The van der Waals surface area contributed by atoms with Crippen LogP contribution >= 0.6 is 11.6 Å². The molecule has 8 nitrogen and oxygen atoms in total. The van der Waals surface area contributed by atoms with Crippen molar-refractivity contribution in [1.82, 2.24) is 5.32 Å². The molecular formula is C21H19ClN2O6. The lowest BCUT2D eigenvalue weighted by atomic mass is 10.1. The van der Waals surface area contributed by atoms with E-state index in [0.29, 0.717) is 17.1 Å². The zero-order valence-corrected chi connectivity index (χ0v) is 17.2. The Kier molecular flexibility index (Phi) is 5.98. The molecule has 0 aromatic heterocycles. The minimum absolute atomic E-state index is 0.0269. The summed E-state index contributed by atoms with van der Waals surface area (Å²) in [6, 6.07) is 7.64. The second-order valence-corrected chi connectivity index (χ2v) is 7.08. The quantitative estimate of drug-likeness (QED) is 0.555. The van der Waals surface area contributed by atoms with Crippen LogP contribution in [0, 0.1) is 0 Å². The van der Waals surface area contributed by atoms with E-state index in [2.05, 4.69) is 5.32 Å². The van der Waals surface area contributed by atoms with Gasteiger partial charge in [0.25, 0.3) is 11.8 Å². The minimum Gasteiger partial charge on any atom is -0.508 e. The first-order valence-corrected chi connectivity index (χ1v) is 9.33. The van der Waals surface area contributed by atoms with Crippen molar-refractivity contribution >= 4 is 41.2 Å². The predicted octanol–water partition coefficient (Wildman–Crippen LogP) is 3.51. The number of methoxy groups -OCH3 is 1. The molecular weight excluding hydrogens is 412 g/mol. The molecule has 0 aliphatic carbocycles. The third-order valence-corrected chi connectivity index (χ3v) is 4.41. The van der Waals surface area contributed by atoms with Gasteiger partial charge in [-0.2, -0.15) is 0 Å². The van der Waals surface area contributed by atoms with Crippen molar-refractivity contribution in [1.29, 1.82) is 0 Å². The lowest BCUT2D eigenvalue weighted by Gasteiger charge is -2.26. The SMILES string of the molecule is COc1cc(/C=C2\C(=O)NC(=O)N(c3ccc(O)cc3)C2=O)cc(Cl)c1OC(C)C. The van der Waals surface area contributed by atoms with E-state index in [4.69, 9.17) is 21.1 Å². The molecule has 30 heavy (non-hydrogen) atoms. The van der Waals surface area contributed by atoms with Crippen LogP contribution < -0.4 is 19.7 Å². The molecule has 0 unspecified atom stereocenters. The van der Waals surface area contributed by atoms with Crippen molar-refractivity contribution in [2.24, 2.45) is 0 Å². The molecule has 0 spiro atoms. The number of benzene rings is 2. The molecule has 1 fully saturated rings. The lowest BCUT2D eigenvalue weighted by Crippen LogP contribution is -2.54. The monoisotopic (exact) mass is 430 g/mol. The summed E-state index contributed by atoms with van der Waals surface area (Å²) >= 11 is 6.30. The highest BCUT2D eigenvalue weighted by Crippen LogP contribution is 2.38. The van der Waals surface area contributed by atoms with Crippen molar-refractivity contribution in [3.8, 4) is 17.2 Å². The summed E-state index contributed by atoms with van der Waals surface area (Å²) in [4.78, 5) is 38.3. The van der Waals surface area contributed by atoms with Crippen LogP contribution in [0.1, 0.15) is 19.4 Å². The molecule has 0 radical (unpaired) electrons. The highest BCUT2D eigenvalue weighted by Gasteiger charge is 2.36. The van der Waals surface area contributed by atoms with E-state index in [9.17, 15) is 19.5 Å². The molecule has 1 saturated heterocycles. The standard InChI is InChI=1S/C21H19ClN2O6/c1-11(2)30-18-16(22)9-12(10-17(18)29-3)8-15-19(26)23-21(28)24(20(15)27)13-4-6-14(25)7-5-13/h4-11,25H,1-3H3,(H,23,26,28)/b15-8+. The van der Waals surface area contributed by atoms with Crippen LogP contribution in [0.4, 0.5) is 10.5 Å². The lowest BCUT2D eigenvalue weighted by molar-refractivity contribution is -0.122. The Hall–Kier alpha value is -3.52. The fraction of sp³-hybridized carbons (Fsp3) is 0.190. The van der Waals surface area contributed by atoms with Crippen LogP contribution in [0.2, 0.25) is 5.02 Å². The van der Waals surface area contributed by atoms with Gasteiger partial charge in [0.1, 0.15) is 11.3 Å². The number of nitrogens with one attached hydrogen (secondary N) is 1. The molecule has 3 rings (SSSR count). The third kappa shape index (κ3) is 4.23. The first kappa shape index (κ1) is 21.2. The Labute approximate surface area is 177 Å². The van der Waals surface area contributed by atoms with Crippen molar-refractivity contribution in [3.05, 3.63) is 52.6 Å². The Morgan fingerprint density at radius 1 is 1.13 bits per heavy atom. The average molecular weight is 431 g/mol. The van der Waals surface area contributed by atoms with Crippen molar-refractivity contribution in [2.75, 3.05) is 12.0 Å².